The number of hydrogen-bond acceptors (Lipinski definition) is 4. The number of aliphatic hydroxyl groups excluding tert-OH is 1. The normalized spacial score (nSPS) is 15.7. The van der Waals surface area contributed by atoms with Crippen LogP contribution in [-0.4, -0.2) is 40.7 Å². The Kier molecular flexibility index (Phi) is 4.97. The molecule has 3 rings (SSSR count). The van der Waals surface area contributed by atoms with Crippen molar-refractivity contribution >= 4 is 33.3 Å². The summed E-state index contributed by atoms with van der Waals surface area (Å²) >= 11 is 3.32. The van der Waals surface area contributed by atoms with Crippen molar-refractivity contribution in [3.05, 3.63) is 40.8 Å². The number of carbonyl (C=O) groups excluding carboxylic acids is 1. The minimum Gasteiger partial charge on any atom is -0.396 e. The fraction of sp³-hybridized carbons (Fsp3) is 0.375. The number of pyridine rings is 1. The van der Waals surface area contributed by atoms with E-state index >= 15 is 0 Å². The number of nitrogens with zero attached hydrogens (tertiary/aromatic N) is 2. The topological polar surface area (TPSA) is 81.2 Å². The number of rotatable bonds is 4. The minimum absolute atomic E-state index is 0.199. The van der Waals surface area contributed by atoms with E-state index in [1.165, 1.54) is 0 Å². The maximum Gasteiger partial charge on any atom is 0.272 e. The monoisotopic (exact) mass is 378 g/mol. The highest BCUT2D eigenvalue weighted by atomic mass is 79.9. The largest absolute Gasteiger partial charge is 0.396 e. The molecule has 6 nitrogen and oxygen atoms in total. The van der Waals surface area contributed by atoms with E-state index in [1.54, 1.807) is 18.5 Å². The first-order valence-electron chi connectivity index (χ1n) is 7.63. The molecular formula is C16H19BrN4O2. The van der Waals surface area contributed by atoms with E-state index in [9.17, 15) is 9.90 Å². The van der Waals surface area contributed by atoms with Crippen molar-refractivity contribution in [2.24, 2.45) is 5.92 Å². The molecule has 0 aliphatic carbocycles. The summed E-state index contributed by atoms with van der Waals surface area (Å²) in [6.45, 7) is 1.90. The predicted octanol–water partition coefficient (Wildman–Crippen LogP) is 2.63. The van der Waals surface area contributed by atoms with Gasteiger partial charge in [-0.15, -0.1) is 0 Å². The van der Waals surface area contributed by atoms with E-state index in [0.29, 0.717) is 17.3 Å². The summed E-state index contributed by atoms with van der Waals surface area (Å²) in [5.74, 6) is 0.947. The van der Waals surface area contributed by atoms with Crippen LogP contribution in [0.2, 0.25) is 0 Å². The zero-order chi connectivity index (χ0) is 16.2. The van der Waals surface area contributed by atoms with Crippen LogP contribution in [0, 0.1) is 5.92 Å². The second-order valence-electron chi connectivity index (χ2n) is 5.67. The van der Waals surface area contributed by atoms with E-state index in [0.717, 1.165) is 36.2 Å². The summed E-state index contributed by atoms with van der Waals surface area (Å²) in [4.78, 5) is 21.8. The number of anilines is 2. The van der Waals surface area contributed by atoms with Crippen molar-refractivity contribution in [1.82, 2.24) is 9.97 Å². The average Bonchev–Trinajstić information content (AvgIpc) is 3.02. The summed E-state index contributed by atoms with van der Waals surface area (Å²) in [6.07, 6.45) is 5.32. The molecule has 23 heavy (non-hydrogen) atoms. The molecule has 0 spiro atoms. The van der Waals surface area contributed by atoms with Crippen LogP contribution in [0.5, 0.6) is 0 Å². The fourth-order valence-corrected chi connectivity index (χ4v) is 3.11. The Balaban J connectivity index is 1.74. The lowest BCUT2D eigenvalue weighted by Gasteiger charge is -2.33. The van der Waals surface area contributed by atoms with E-state index in [4.69, 9.17) is 0 Å². The summed E-state index contributed by atoms with van der Waals surface area (Å²) < 4.78 is 0.833. The molecule has 1 aliphatic rings. The minimum atomic E-state index is -0.199. The van der Waals surface area contributed by atoms with Crippen LogP contribution < -0.4 is 10.2 Å². The highest BCUT2D eigenvalue weighted by Crippen LogP contribution is 2.28. The molecule has 0 bridgehead atoms. The highest BCUT2D eigenvalue weighted by molar-refractivity contribution is 9.10. The summed E-state index contributed by atoms with van der Waals surface area (Å²) in [7, 11) is 0. The molecule has 2 aromatic rings. The van der Waals surface area contributed by atoms with Gasteiger partial charge in [0, 0.05) is 36.6 Å². The number of aromatic amines is 1. The number of piperidine rings is 1. The third-order valence-corrected chi connectivity index (χ3v) is 4.56. The zero-order valence-electron chi connectivity index (χ0n) is 12.6. The van der Waals surface area contributed by atoms with Gasteiger partial charge in [-0.1, -0.05) is 0 Å². The highest BCUT2D eigenvalue weighted by Gasteiger charge is 2.22. The van der Waals surface area contributed by atoms with Crippen LogP contribution in [-0.2, 0) is 0 Å². The molecule has 0 saturated carbocycles. The number of amides is 1. The second-order valence-corrected chi connectivity index (χ2v) is 6.59. The van der Waals surface area contributed by atoms with Gasteiger partial charge in [-0.2, -0.15) is 0 Å². The maximum atomic E-state index is 12.3. The maximum absolute atomic E-state index is 12.3. The standard InChI is InChI=1S/C16H19BrN4O2/c17-12-8-14(19-9-12)16(23)20-13-2-1-5-18-15(13)21-6-3-11(10-22)4-7-21/h1-2,5,8-9,11,19,22H,3-4,6-7,10H2,(H,20,23). The molecule has 3 N–H and O–H groups in total. The molecule has 0 aromatic carbocycles. The number of carbonyl (C=O) groups is 1. The Morgan fingerprint density at radius 3 is 2.91 bits per heavy atom. The van der Waals surface area contributed by atoms with Crippen molar-refractivity contribution in [3.63, 3.8) is 0 Å². The zero-order valence-corrected chi connectivity index (χ0v) is 14.2. The molecule has 2 aromatic heterocycles. The third-order valence-electron chi connectivity index (χ3n) is 4.10. The third kappa shape index (κ3) is 3.73. The second kappa shape index (κ2) is 7.14. The Bertz CT molecular complexity index is 680. The molecule has 1 amide bonds. The fourth-order valence-electron chi connectivity index (χ4n) is 2.76. The molecule has 3 heterocycles. The van der Waals surface area contributed by atoms with Gasteiger partial charge in [0.1, 0.15) is 5.69 Å². The number of hydrogen-bond donors (Lipinski definition) is 3. The summed E-state index contributed by atoms with van der Waals surface area (Å²) in [6, 6.07) is 5.40. The van der Waals surface area contributed by atoms with Gasteiger partial charge in [0.25, 0.3) is 5.91 Å². The predicted molar refractivity (Wildman–Crippen MR) is 92.7 cm³/mol. The molecule has 1 saturated heterocycles. The number of H-pyrrole nitrogens is 1. The van der Waals surface area contributed by atoms with Gasteiger partial charge in [0.2, 0.25) is 0 Å². The molecule has 0 unspecified atom stereocenters. The Labute approximate surface area is 143 Å². The van der Waals surface area contributed by atoms with Crippen molar-refractivity contribution in [1.29, 1.82) is 0 Å². The van der Waals surface area contributed by atoms with E-state index in [2.05, 4.69) is 36.1 Å². The van der Waals surface area contributed by atoms with Crippen molar-refractivity contribution in [2.75, 3.05) is 29.9 Å². The SMILES string of the molecule is O=C(Nc1cccnc1N1CCC(CO)CC1)c1cc(Br)c[nH]1. The quantitative estimate of drug-likeness (QED) is 0.763. The molecule has 1 aliphatic heterocycles. The summed E-state index contributed by atoms with van der Waals surface area (Å²) in [5.41, 5.74) is 1.19. The van der Waals surface area contributed by atoms with Gasteiger partial charge in [-0.05, 0) is 52.9 Å². The van der Waals surface area contributed by atoms with Crippen LogP contribution >= 0.6 is 15.9 Å². The molecule has 7 heteroatoms. The van der Waals surface area contributed by atoms with Crippen LogP contribution in [0.25, 0.3) is 0 Å². The van der Waals surface area contributed by atoms with E-state index < -0.39 is 0 Å². The van der Waals surface area contributed by atoms with E-state index in [-0.39, 0.29) is 12.5 Å². The average molecular weight is 379 g/mol. The Hall–Kier alpha value is -1.86. The Morgan fingerprint density at radius 2 is 2.26 bits per heavy atom. The van der Waals surface area contributed by atoms with Crippen LogP contribution in [0.3, 0.4) is 0 Å². The number of aliphatic hydroxyl groups is 1. The van der Waals surface area contributed by atoms with Crippen LogP contribution in [0.1, 0.15) is 23.3 Å². The molecule has 0 radical (unpaired) electrons. The van der Waals surface area contributed by atoms with Gasteiger partial charge in [0.15, 0.2) is 5.82 Å². The van der Waals surface area contributed by atoms with Crippen molar-refractivity contribution in [3.8, 4) is 0 Å². The first-order chi connectivity index (χ1) is 11.2. The molecule has 122 valence electrons. The van der Waals surface area contributed by atoms with Crippen LogP contribution in [0.4, 0.5) is 11.5 Å². The van der Waals surface area contributed by atoms with E-state index in [1.807, 2.05) is 12.1 Å². The first kappa shape index (κ1) is 16.0. The van der Waals surface area contributed by atoms with Crippen LogP contribution in [0.15, 0.2) is 35.1 Å². The van der Waals surface area contributed by atoms with Crippen molar-refractivity contribution < 1.29 is 9.90 Å². The van der Waals surface area contributed by atoms with Crippen molar-refractivity contribution in [2.45, 2.75) is 12.8 Å². The van der Waals surface area contributed by atoms with Gasteiger partial charge in [-0.25, -0.2) is 4.98 Å². The Morgan fingerprint density at radius 1 is 1.48 bits per heavy atom. The van der Waals surface area contributed by atoms with Gasteiger partial charge in [-0.3, -0.25) is 4.79 Å². The van der Waals surface area contributed by atoms with Gasteiger partial charge >= 0.3 is 0 Å². The first-order valence-corrected chi connectivity index (χ1v) is 8.42. The molecule has 0 atom stereocenters. The van der Waals surface area contributed by atoms with Gasteiger partial charge in [0.05, 0.1) is 5.69 Å². The smallest absolute Gasteiger partial charge is 0.272 e. The summed E-state index contributed by atoms with van der Waals surface area (Å²) in [5, 5.41) is 12.2. The lowest BCUT2D eigenvalue weighted by molar-refractivity contribution is 0.102. The number of aromatic nitrogens is 2. The molecular weight excluding hydrogens is 360 g/mol. The lowest BCUT2D eigenvalue weighted by Crippen LogP contribution is -2.35. The number of nitrogens with one attached hydrogen (secondary N) is 2. The van der Waals surface area contributed by atoms with Gasteiger partial charge < -0.3 is 20.3 Å². The molecule has 1 fully saturated rings. The number of halogens is 1. The lowest BCUT2D eigenvalue weighted by atomic mass is 9.98.